The van der Waals surface area contributed by atoms with Gasteiger partial charge in [-0.2, -0.15) is 4.98 Å². The smallest absolute Gasteiger partial charge is 0.218 e. The maximum absolute atomic E-state index is 5.17. The first-order valence-corrected chi connectivity index (χ1v) is 5.51. The molecule has 0 unspecified atom stereocenters. The maximum atomic E-state index is 5.17. The van der Waals surface area contributed by atoms with Crippen LogP contribution >= 0.6 is 31.9 Å². The molecule has 4 nitrogen and oxygen atoms in total. The number of hydrogen-bond acceptors (Lipinski definition) is 3. The van der Waals surface area contributed by atoms with Gasteiger partial charge in [-0.05, 0) is 31.9 Å². The predicted octanol–water partition coefficient (Wildman–Crippen LogP) is 1.84. The van der Waals surface area contributed by atoms with E-state index in [0.717, 1.165) is 24.5 Å². The second-order valence-corrected chi connectivity index (χ2v) is 5.03. The monoisotopic (exact) mass is 309 g/mol. The molecule has 0 saturated carbocycles. The van der Waals surface area contributed by atoms with E-state index in [2.05, 4.69) is 48.9 Å². The molecule has 13 heavy (non-hydrogen) atoms. The van der Waals surface area contributed by atoms with E-state index >= 15 is 0 Å². The van der Waals surface area contributed by atoms with Crippen molar-refractivity contribution in [3.63, 3.8) is 0 Å². The van der Waals surface area contributed by atoms with Crippen molar-refractivity contribution in [1.82, 2.24) is 14.8 Å². The first-order chi connectivity index (χ1) is 6.09. The van der Waals surface area contributed by atoms with Crippen molar-refractivity contribution >= 4 is 31.9 Å². The minimum atomic E-state index is 0.218. The molecule has 1 aromatic heterocycles. The van der Waals surface area contributed by atoms with Crippen LogP contribution in [0.25, 0.3) is 0 Å². The van der Waals surface area contributed by atoms with Gasteiger partial charge in [0.2, 0.25) is 4.73 Å². The van der Waals surface area contributed by atoms with Crippen LogP contribution < -0.4 is 0 Å². The van der Waals surface area contributed by atoms with Crippen molar-refractivity contribution in [1.29, 1.82) is 0 Å². The Balaban J connectivity index is 2.12. The molecule has 1 fully saturated rings. The molecule has 0 spiro atoms. The molecule has 0 atom stereocenters. The van der Waals surface area contributed by atoms with Gasteiger partial charge >= 0.3 is 0 Å². The van der Waals surface area contributed by atoms with Crippen molar-refractivity contribution in [2.45, 2.75) is 13.5 Å². The Bertz CT molecular complexity index is 322. The third-order valence-corrected chi connectivity index (χ3v) is 2.96. The summed E-state index contributed by atoms with van der Waals surface area (Å²) in [6, 6.07) is 0. The standard InChI is InChI=1S/C7H9Br2N3O/c1-7(3-13-4-7)2-12-6(9)10-5(8)11-12/h2-4H2,1H3. The van der Waals surface area contributed by atoms with Crippen LogP contribution in [0.15, 0.2) is 9.47 Å². The van der Waals surface area contributed by atoms with Crippen LogP contribution in [0.1, 0.15) is 6.92 Å². The molecular weight excluding hydrogens is 302 g/mol. The lowest BCUT2D eigenvalue weighted by atomic mass is 9.89. The molecule has 2 heterocycles. The lowest BCUT2D eigenvalue weighted by Crippen LogP contribution is -2.43. The molecule has 0 radical (unpaired) electrons. The Kier molecular flexibility index (Phi) is 2.46. The van der Waals surface area contributed by atoms with Crippen LogP contribution in [0.4, 0.5) is 0 Å². The molecule has 72 valence electrons. The second kappa shape index (κ2) is 3.33. The van der Waals surface area contributed by atoms with E-state index in [1.165, 1.54) is 0 Å². The van der Waals surface area contributed by atoms with Gasteiger partial charge in [-0.3, -0.25) is 0 Å². The van der Waals surface area contributed by atoms with Gasteiger partial charge in [0.15, 0.2) is 4.73 Å². The largest absolute Gasteiger partial charge is 0.380 e. The van der Waals surface area contributed by atoms with E-state index in [4.69, 9.17) is 4.74 Å². The van der Waals surface area contributed by atoms with Crippen molar-refractivity contribution < 1.29 is 4.74 Å². The molecule has 0 amide bonds. The predicted molar refractivity (Wildman–Crippen MR) is 54.3 cm³/mol. The molecule has 6 heteroatoms. The summed E-state index contributed by atoms with van der Waals surface area (Å²) < 4.78 is 8.38. The summed E-state index contributed by atoms with van der Waals surface area (Å²) in [6.45, 7) is 4.62. The summed E-state index contributed by atoms with van der Waals surface area (Å²) >= 11 is 6.57. The Labute approximate surface area is 92.9 Å². The fourth-order valence-electron chi connectivity index (χ4n) is 1.30. The van der Waals surface area contributed by atoms with Crippen molar-refractivity contribution in [3.8, 4) is 0 Å². The summed E-state index contributed by atoms with van der Waals surface area (Å²) in [5.74, 6) is 0. The van der Waals surface area contributed by atoms with E-state index < -0.39 is 0 Å². The molecule has 1 aliphatic heterocycles. The summed E-state index contributed by atoms with van der Waals surface area (Å²) in [5, 5.41) is 4.20. The van der Waals surface area contributed by atoms with Gasteiger partial charge in [-0.1, -0.05) is 6.92 Å². The Morgan fingerprint density at radius 2 is 2.23 bits per heavy atom. The number of ether oxygens (including phenoxy) is 1. The normalized spacial score (nSPS) is 19.9. The van der Waals surface area contributed by atoms with Gasteiger partial charge in [0.25, 0.3) is 0 Å². The lowest BCUT2D eigenvalue weighted by molar-refractivity contribution is -0.112. The van der Waals surface area contributed by atoms with Crippen molar-refractivity contribution in [2.24, 2.45) is 5.41 Å². The zero-order valence-corrected chi connectivity index (χ0v) is 10.3. The molecule has 0 aliphatic carbocycles. The Hall–Kier alpha value is 0.0600. The number of rotatable bonds is 2. The molecule has 0 aromatic carbocycles. The van der Waals surface area contributed by atoms with Crippen molar-refractivity contribution in [2.75, 3.05) is 13.2 Å². The first-order valence-electron chi connectivity index (χ1n) is 3.93. The topological polar surface area (TPSA) is 39.9 Å². The van der Waals surface area contributed by atoms with Crippen LogP contribution in [-0.2, 0) is 11.3 Å². The van der Waals surface area contributed by atoms with E-state index in [1.807, 2.05) is 4.68 Å². The summed E-state index contributed by atoms with van der Waals surface area (Å²) in [7, 11) is 0. The van der Waals surface area contributed by atoms with E-state index in [-0.39, 0.29) is 5.41 Å². The van der Waals surface area contributed by atoms with Crippen LogP contribution in [0.2, 0.25) is 0 Å². The Morgan fingerprint density at radius 3 is 2.62 bits per heavy atom. The zero-order valence-electron chi connectivity index (χ0n) is 7.13. The number of hydrogen-bond donors (Lipinski definition) is 0. The minimum Gasteiger partial charge on any atom is -0.380 e. The fourth-order valence-corrected chi connectivity index (χ4v) is 2.27. The minimum absolute atomic E-state index is 0.218. The summed E-state index contributed by atoms with van der Waals surface area (Å²) in [6.07, 6.45) is 0. The SMILES string of the molecule is CC1(Cn2nc(Br)nc2Br)COC1. The van der Waals surface area contributed by atoms with Gasteiger partial charge < -0.3 is 4.74 Å². The number of aromatic nitrogens is 3. The lowest BCUT2D eigenvalue weighted by Gasteiger charge is -2.37. The van der Waals surface area contributed by atoms with Crippen molar-refractivity contribution in [3.05, 3.63) is 9.47 Å². The van der Waals surface area contributed by atoms with Crippen LogP contribution in [0.3, 0.4) is 0 Å². The highest BCUT2D eigenvalue weighted by Crippen LogP contribution is 2.29. The average molecular weight is 311 g/mol. The van der Waals surface area contributed by atoms with Gasteiger partial charge in [-0.15, -0.1) is 5.10 Å². The molecule has 2 rings (SSSR count). The molecule has 1 aliphatic rings. The number of halogens is 2. The first kappa shape index (κ1) is 9.61. The van der Waals surface area contributed by atoms with Crippen LogP contribution in [0.5, 0.6) is 0 Å². The highest BCUT2D eigenvalue weighted by molar-refractivity contribution is 9.11. The summed E-state index contributed by atoms with van der Waals surface area (Å²) in [4.78, 5) is 4.10. The average Bonchev–Trinajstić information content (AvgIpc) is 2.27. The Morgan fingerprint density at radius 1 is 1.54 bits per heavy atom. The van der Waals surface area contributed by atoms with E-state index in [0.29, 0.717) is 4.73 Å². The summed E-state index contributed by atoms with van der Waals surface area (Å²) in [5.41, 5.74) is 0.218. The molecule has 1 saturated heterocycles. The second-order valence-electron chi connectivity index (χ2n) is 3.61. The quantitative estimate of drug-likeness (QED) is 0.837. The third kappa shape index (κ3) is 1.94. The fraction of sp³-hybridized carbons (Fsp3) is 0.714. The van der Waals surface area contributed by atoms with Gasteiger partial charge in [0.05, 0.1) is 19.8 Å². The molecule has 0 bridgehead atoms. The van der Waals surface area contributed by atoms with Gasteiger partial charge in [-0.25, -0.2) is 4.68 Å². The highest BCUT2D eigenvalue weighted by Gasteiger charge is 2.34. The zero-order chi connectivity index (χ0) is 9.47. The number of nitrogens with zero attached hydrogens (tertiary/aromatic N) is 3. The highest BCUT2D eigenvalue weighted by atomic mass is 79.9. The van der Waals surface area contributed by atoms with Gasteiger partial charge in [0.1, 0.15) is 0 Å². The van der Waals surface area contributed by atoms with E-state index in [9.17, 15) is 0 Å². The van der Waals surface area contributed by atoms with Crippen LogP contribution in [-0.4, -0.2) is 28.0 Å². The van der Waals surface area contributed by atoms with Gasteiger partial charge in [0, 0.05) is 5.41 Å². The van der Waals surface area contributed by atoms with E-state index in [1.54, 1.807) is 0 Å². The molecule has 0 N–H and O–H groups in total. The van der Waals surface area contributed by atoms with Crippen LogP contribution in [0, 0.1) is 5.41 Å². The third-order valence-electron chi connectivity index (χ3n) is 2.03. The maximum Gasteiger partial charge on any atom is 0.218 e. The molecule has 1 aromatic rings. The molecular formula is C7H9Br2N3O.